The molecule has 0 bridgehead atoms. The Hall–Kier alpha value is -2.13. The molecule has 0 heterocycles. The number of carbonyl (C=O) groups excluding carboxylic acids is 2. The first kappa shape index (κ1) is 19.9. The molecule has 0 amide bonds. The van der Waals surface area contributed by atoms with Crippen LogP contribution in [0.1, 0.15) is 20.8 Å². The summed E-state index contributed by atoms with van der Waals surface area (Å²) in [6.07, 6.45) is 13.9. The molecule has 0 fully saturated rings. The number of hydrogen-bond donors (Lipinski definition) is 2. The van der Waals surface area contributed by atoms with E-state index in [4.69, 9.17) is 0 Å². The Labute approximate surface area is 153 Å². The summed E-state index contributed by atoms with van der Waals surface area (Å²) in [5.74, 6) is 0.0295. The van der Waals surface area contributed by atoms with Crippen molar-refractivity contribution in [1.29, 1.82) is 0 Å². The Kier molecular flexibility index (Phi) is 7.67. The molecule has 0 spiro atoms. The van der Waals surface area contributed by atoms with Crippen LogP contribution >= 0.6 is 0 Å². The average Bonchev–Trinajstić information content (AvgIpc) is 2.53. The van der Waals surface area contributed by atoms with Crippen LogP contribution in [0.4, 0.5) is 0 Å². The molecule has 0 aromatic rings. The number of carbonyl (C=O) groups is 2. The van der Waals surface area contributed by atoms with Gasteiger partial charge in [-0.25, -0.2) is 0 Å². The molecule has 130 valence electrons. The minimum Gasteiger partial charge on any atom is -0.386 e. The molecule has 2 aliphatic rings. The van der Waals surface area contributed by atoms with Gasteiger partial charge in [-0.05, 0) is 45.1 Å². The Morgan fingerprint density at radius 2 is 1.33 bits per heavy atom. The van der Waals surface area contributed by atoms with E-state index in [2.05, 4.69) is 10.6 Å². The quantitative estimate of drug-likeness (QED) is 0.578. The fraction of sp³-hybridized carbons (Fsp3) is 0.263. The second-order valence-corrected chi connectivity index (χ2v) is 5.67. The van der Waals surface area contributed by atoms with Gasteiger partial charge >= 0.3 is 0 Å². The van der Waals surface area contributed by atoms with E-state index in [9.17, 15) is 9.59 Å². The van der Waals surface area contributed by atoms with Crippen LogP contribution in [0, 0.1) is 0 Å². The zero-order chi connectivity index (χ0) is 16.8. The van der Waals surface area contributed by atoms with Crippen molar-refractivity contribution >= 4 is 11.6 Å². The maximum atomic E-state index is 11.8. The molecule has 0 saturated carbocycles. The minimum absolute atomic E-state index is 0. The van der Waals surface area contributed by atoms with Gasteiger partial charge in [0, 0.05) is 51.6 Å². The van der Waals surface area contributed by atoms with Crippen LogP contribution in [0.2, 0.25) is 0 Å². The van der Waals surface area contributed by atoms with Gasteiger partial charge in [0.25, 0.3) is 0 Å². The molecule has 1 atom stereocenters. The van der Waals surface area contributed by atoms with Gasteiger partial charge in [-0.3, -0.25) is 9.59 Å². The van der Waals surface area contributed by atoms with Gasteiger partial charge in [0.05, 0.1) is 0 Å². The Morgan fingerprint density at radius 1 is 0.875 bits per heavy atom. The van der Waals surface area contributed by atoms with Crippen molar-refractivity contribution < 1.29 is 26.1 Å². The second kappa shape index (κ2) is 9.24. The molecule has 0 aliphatic heterocycles. The second-order valence-electron chi connectivity index (χ2n) is 5.67. The van der Waals surface area contributed by atoms with Crippen LogP contribution in [0.5, 0.6) is 0 Å². The fourth-order valence-corrected chi connectivity index (χ4v) is 2.45. The van der Waals surface area contributed by atoms with Gasteiger partial charge in [-0.2, -0.15) is 0 Å². The number of hydrogen-bond acceptors (Lipinski definition) is 4. The normalized spacial score (nSPS) is 21.3. The predicted octanol–water partition coefficient (Wildman–Crippen LogP) is 2.49. The molecule has 2 aliphatic carbocycles. The van der Waals surface area contributed by atoms with Crippen LogP contribution in [-0.2, 0) is 26.1 Å². The van der Waals surface area contributed by atoms with Gasteiger partial charge in [-0.1, -0.05) is 24.3 Å². The van der Waals surface area contributed by atoms with Gasteiger partial charge in [0.2, 0.25) is 0 Å². The summed E-state index contributed by atoms with van der Waals surface area (Å²) < 4.78 is 0. The van der Waals surface area contributed by atoms with E-state index in [-0.39, 0.29) is 34.1 Å². The zero-order valence-corrected chi connectivity index (χ0v) is 15.0. The first-order valence-electron chi connectivity index (χ1n) is 7.69. The van der Waals surface area contributed by atoms with Crippen LogP contribution in [0.15, 0.2) is 71.1 Å². The Balaban J connectivity index is 0.00000288. The molecule has 0 aromatic heterocycles. The van der Waals surface area contributed by atoms with Gasteiger partial charge in [0.1, 0.15) is 0 Å². The van der Waals surface area contributed by atoms with Crippen LogP contribution < -0.4 is 10.6 Å². The summed E-state index contributed by atoms with van der Waals surface area (Å²) in [7, 11) is 0. The fourth-order valence-electron chi connectivity index (χ4n) is 2.45. The van der Waals surface area contributed by atoms with Crippen molar-refractivity contribution in [3.63, 3.8) is 0 Å². The van der Waals surface area contributed by atoms with E-state index in [1.807, 2.05) is 45.1 Å². The number of allylic oxidation sites excluding steroid dienone is 12. The maximum Gasteiger partial charge on any atom is 0.187 e. The first-order valence-corrected chi connectivity index (χ1v) is 7.69. The Morgan fingerprint density at radius 3 is 1.83 bits per heavy atom. The SMILES string of the molecule is CC(NCC(C)NC(C)=C1C=CC=CC1=O)=C1C=CC=CC1=O.[Ni]. The topological polar surface area (TPSA) is 58.2 Å². The minimum atomic E-state index is 0. The number of rotatable bonds is 5. The number of ketones is 2. The van der Waals surface area contributed by atoms with E-state index >= 15 is 0 Å². The summed E-state index contributed by atoms with van der Waals surface area (Å²) in [6.45, 7) is 6.47. The molecule has 4 nitrogen and oxygen atoms in total. The molecule has 0 saturated heterocycles. The molecule has 2 rings (SSSR count). The van der Waals surface area contributed by atoms with Crippen LogP contribution in [-0.4, -0.2) is 24.2 Å². The third kappa shape index (κ3) is 5.21. The first-order chi connectivity index (χ1) is 11.0. The molecular formula is C19H22N2NiO2. The molecule has 5 heteroatoms. The van der Waals surface area contributed by atoms with E-state index in [1.54, 1.807) is 24.3 Å². The van der Waals surface area contributed by atoms with Crippen molar-refractivity contribution in [3.05, 3.63) is 71.1 Å². The summed E-state index contributed by atoms with van der Waals surface area (Å²) >= 11 is 0. The summed E-state index contributed by atoms with van der Waals surface area (Å²) in [5.41, 5.74) is 3.08. The van der Waals surface area contributed by atoms with Crippen molar-refractivity contribution in [2.45, 2.75) is 26.8 Å². The summed E-state index contributed by atoms with van der Waals surface area (Å²) in [4.78, 5) is 23.6. The standard InChI is InChI=1S/C19H22N2O2.Ni/c1-13(21-15(3)17-9-5-7-11-19(17)23)12-20-14(2)16-8-4-6-10-18(16)22;/h4-11,13,20-21H,12H2,1-3H3;. The Bertz CT molecular complexity index is 694. The van der Waals surface area contributed by atoms with E-state index in [0.29, 0.717) is 17.7 Å². The maximum absolute atomic E-state index is 11.8. The van der Waals surface area contributed by atoms with Crippen molar-refractivity contribution in [2.24, 2.45) is 0 Å². The van der Waals surface area contributed by atoms with Crippen molar-refractivity contribution in [2.75, 3.05) is 6.54 Å². The molecule has 1 unspecified atom stereocenters. The largest absolute Gasteiger partial charge is 0.386 e. The van der Waals surface area contributed by atoms with E-state index < -0.39 is 0 Å². The van der Waals surface area contributed by atoms with Crippen molar-refractivity contribution in [3.8, 4) is 0 Å². The third-order valence-electron chi connectivity index (χ3n) is 3.72. The van der Waals surface area contributed by atoms with E-state index in [1.165, 1.54) is 0 Å². The van der Waals surface area contributed by atoms with Gasteiger partial charge in [-0.15, -0.1) is 0 Å². The third-order valence-corrected chi connectivity index (χ3v) is 3.72. The zero-order valence-electron chi connectivity index (χ0n) is 14.0. The summed E-state index contributed by atoms with van der Waals surface area (Å²) in [6, 6.07) is 0.114. The van der Waals surface area contributed by atoms with Crippen LogP contribution in [0.3, 0.4) is 0 Å². The molecule has 0 aromatic carbocycles. The van der Waals surface area contributed by atoms with Crippen LogP contribution in [0.25, 0.3) is 0 Å². The molecule has 0 radical (unpaired) electrons. The van der Waals surface area contributed by atoms with Crippen molar-refractivity contribution in [1.82, 2.24) is 10.6 Å². The average molecular weight is 369 g/mol. The van der Waals surface area contributed by atoms with Gasteiger partial charge < -0.3 is 10.6 Å². The molecule has 24 heavy (non-hydrogen) atoms. The monoisotopic (exact) mass is 368 g/mol. The smallest absolute Gasteiger partial charge is 0.187 e. The summed E-state index contributed by atoms with van der Waals surface area (Å²) in [5, 5.41) is 6.59. The molecule has 2 N–H and O–H groups in total. The molecular weight excluding hydrogens is 347 g/mol. The van der Waals surface area contributed by atoms with Gasteiger partial charge in [0.15, 0.2) is 11.6 Å². The van der Waals surface area contributed by atoms with E-state index in [0.717, 1.165) is 11.4 Å². The number of nitrogens with one attached hydrogen (secondary N) is 2. The predicted molar refractivity (Wildman–Crippen MR) is 92.6 cm³/mol.